The molecular weight excluding hydrogens is 292 g/mol. The van der Waals surface area contributed by atoms with E-state index in [2.05, 4.69) is 5.32 Å². The second-order valence-corrected chi connectivity index (χ2v) is 5.83. The number of aryl methyl sites for hydroxylation is 1. The SMILES string of the molecule is Cc1ccccc1C(=O)N1CCC(NC(=O)c2ccco2)CC1. The minimum Gasteiger partial charge on any atom is -0.459 e. The molecule has 5 nitrogen and oxygen atoms in total. The highest BCUT2D eigenvalue weighted by Crippen LogP contribution is 2.16. The molecule has 1 aliphatic rings. The Labute approximate surface area is 135 Å². The van der Waals surface area contributed by atoms with E-state index in [0.717, 1.165) is 24.0 Å². The van der Waals surface area contributed by atoms with Crippen LogP contribution in [0.1, 0.15) is 39.3 Å². The van der Waals surface area contributed by atoms with E-state index in [1.54, 1.807) is 12.1 Å². The summed E-state index contributed by atoms with van der Waals surface area (Å²) >= 11 is 0. The lowest BCUT2D eigenvalue weighted by Gasteiger charge is -2.32. The van der Waals surface area contributed by atoms with Crippen LogP contribution in [0.2, 0.25) is 0 Å². The first kappa shape index (κ1) is 15.3. The summed E-state index contributed by atoms with van der Waals surface area (Å²) in [6.07, 6.45) is 2.99. The standard InChI is InChI=1S/C18H20N2O3/c1-13-5-2-3-6-15(13)18(22)20-10-8-14(9-11-20)19-17(21)16-7-4-12-23-16/h2-7,12,14H,8-11H2,1H3,(H,19,21). The third-order valence-electron chi connectivity index (χ3n) is 4.24. The highest BCUT2D eigenvalue weighted by molar-refractivity contribution is 5.95. The van der Waals surface area contributed by atoms with Gasteiger partial charge in [0, 0.05) is 24.7 Å². The van der Waals surface area contributed by atoms with E-state index >= 15 is 0 Å². The summed E-state index contributed by atoms with van der Waals surface area (Å²) in [5.41, 5.74) is 1.75. The van der Waals surface area contributed by atoms with Crippen LogP contribution in [0.25, 0.3) is 0 Å². The topological polar surface area (TPSA) is 62.6 Å². The molecule has 0 radical (unpaired) electrons. The number of amides is 2. The molecule has 0 bridgehead atoms. The van der Waals surface area contributed by atoms with Crippen LogP contribution in [0.15, 0.2) is 47.1 Å². The molecule has 120 valence electrons. The lowest BCUT2D eigenvalue weighted by Crippen LogP contribution is -2.46. The number of piperidine rings is 1. The Morgan fingerprint density at radius 3 is 2.52 bits per heavy atom. The van der Waals surface area contributed by atoms with Gasteiger partial charge in [0.1, 0.15) is 0 Å². The van der Waals surface area contributed by atoms with Crippen LogP contribution in [0, 0.1) is 6.92 Å². The monoisotopic (exact) mass is 312 g/mol. The van der Waals surface area contributed by atoms with Gasteiger partial charge < -0.3 is 14.6 Å². The molecule has 0 saturated carbocycles. The first-order chi connectivity index (χ1) is 11.1. The van der Waals surface area contributed by atoms with Crippen LogP contribution < -0.4 is 5.32 Å². The second-order valence-electron chi connectivity index (χ2n) is 5.83. The first-order valence-electron chi connectivity index (χ1n) is 7.84. The molecule has 0 aliphatic carbocycles. The molecule has 1 N–H and O–H groups in total. The van der Waals surface area contributed by atoms with E-state index in [1.165, 1.54) is 6.26 Å². The Balaban J connectivity index is 1.55. The van der Waals surface area contributed by atoms with Crippen molar-refractivity contribution in [2.75, 3.05) is 13.1 Å². The zero-order valence-corrected chi connectivity index (χ0v) is 13.1. The van der Waals surface area contributed by atoms with Gasteiger partial charge in [-0.2, -0.15) is 0 Å². The third kappa shape index (κ3) is 3.44. The molecule has 2 amide bonds. The highest BCUT2D eigenvalue weighted by Gasteiger charge is 2.25. The van der Waals surface area contributed by atoms with Crippen LogP contribution in [0.5, 0.6) is 0 Å². The molecule has 3 rings (SSSR count). The van der Waals surface area contributed by atoms with E-state index in [0.29, 0.717) is 18.8 Å². The van der Waals surface area contributed by atoms with Crippen LogP contribution in [-0.2, 0) is 0 Å². The number of nitrogens with zero attached hydrogens (tertiary/aromatic N) is 1. The summed E-state index contributed by atoms with van der Waals surface area (Å²) in [5.74, 6) is 0.195. The number of benzene rings is 1. The largest absolute Gasteiger partial charge is 0.459 e. The van der Waals surface area contributed by atoms with Crippen molar-refractivity contribution in [3.8, 4) is 0 Å². The highest BCUT2D eigenvalue weighted by atomic mass is 16.3. The number of carbonyl (C=O) groups excluding carboxylic acids is 2. The molecule has 5 heteroatoms. The molecular formula is C18H20N2O3. The minimum absolute atomic E-state index is 0.0684. The van der Waals surface area contributed by atoms with Gasteiger partial charge >= 0.3 is 0 Å². The van der Waals surface area contributed by atoms with E-state index in [-0.39, 0.29) is 17.9 Å². The van der Waals surface area contributed by atoms with Gasteiger partial charge in [0.25, 0.3) is 11.8 Å². The molecule has 0 unspecified atom stereocenters. The van der Waals surface area contributed by atoms with E-state index in [9.17, 15) is 9.59 Å². The Hall–Kier alpha value is -2.56. The second kappa shape index (κ2) is 6.69. The molecule has 1 aromatic carbocycles. The number of furan rings is 1. The Bertz CT molecular complexity index is 686. The Kier molecular flexibility index (Phi) is 4.46. The Morgan fingerprint density at radius 2 is 1.87 bits per heavy atom. The maximum Gasteiger partial charge on any atom is 0.287 e. The molecule has 23 heavy (non-hydrogen) atoms. The lowest BCUT2D eigenvalue weighted by molar-refractivity contribution is 0.0695. The fourth-order valence-corrected chi connectivity index (χ4v) is 2.87. The molecule has 2 heterocycles. The van der Waals surface area contributed by atoms with Gasteiger partial charge in [-0.15, -0.1) is 0 Å². The molecule has 1 fully saturated rings. The van der Waals surface area contributed by atoms with Crippen LogP contribution in [0.3, 0.4) is 0 Å². The van der Waals surface area contributed by atoms with Crippen molar-refractivity contribution in [2.24, 2.45) is 0 Å². The zero-order valence-electron chi connectivity index (χ0n) is 13.1. The molecule has 0 atom stereocenters. The minimum atomic E-state index is -0.196. The van der Waals surface area contributed by atoms with Gasteiger partial charge in [0.15, 0.2) is 5.76 Å². The van der Waals surface area contributed by atoms with E-state index in [4.69, 9.17) is 4.42 Å². The fourth-order valence-electron chi connectivity index (χ4n) is 2.87. The number of hydrogen-bond acceptors (Lipinski definition) is 3. The lowest BCUT2D eigenvalue weighted by atomic mass is 10.0. The van der Waals surface area contributed by atoms with Crippen molar-refractivity contribution in [1.82, 2.24) is 10.2 Å². The average Bonchev–Trinajstić information content (AvgIpc) is 3.10. The molecule has 1 aromatic heterocycles. The maximum absolute atomic E-state index is 12.6. The van der Waals surface area contributed by atoms with Crippen LogP contribution >= 0.6 is 0 Å². The number of rotatable bonds is 3. The summed E-state index contributed by atoms with van der Waals surface area (Å²) in [6.45, 7) is 3.25. The predicted octanol–water partition coefficient (Wildman–Crippen LogP) is 2.62. The number of carbonyl (C=O) groups is 2. The molecule has 1 aliphatic heterocycles. The molecule has 2 aromatic rings. The van der Waals surface area contributed by atoms with Gasteiger partial charge in [-0.3, -0.25) is 9.59 Å². The van der Waals surface area contributed by atoms with Crippen molar-refractivity contribution < 1.29 is 14.0 Å². The predicted molar refractivity (Wildman–Crippen MR) is 86.3 cm³/mol. The fraction of sp³-hybridized carbons (Fsp3) is 0.333. The third-order valence-corrected chi connectivity index (χ3v) is 4.24. The average molecular weight is 312 g/mol. The quantitative estimate of drug-likeness (QED) is 0.947. The summed E-state index contributed by atoms with van der Waals surface area (Å²) in [6, 6.07) is 11.0. The van der Waals surface area contributed by atoms with Crippen molar-refractivity contribution >= 4 is 11.8 Å². The van der Waals surface area contributed by atoms with Gasteiger partial charge in [0.05, 0.1) is 6.26 Å². The summed E-state index contributed by atoms with van der Waals surface area (Å²) in [5, 5.41) is 2.96. The van der Waals surface area contributed by atoms with Crippen LogP contribution in [-0.4, -0.2) is 35.8 Å². The summed E-state index contributed by atoms with van der Waals surface area (Å²) in [4.78, 5) is 26.4. The normalized spacial score (nSPS) is 15.4. The molecule has 1 saturated heterocycles. The smallest absolute Gasteiger partial charge is 0.287 e. The van der Waals surface area contributed by atoms with Crippen molar-refractivity contribution in [1.29, 1.82) is 0 Å². The molecule has 0 spiro atoms. The van der Waals surface area contributed by atoms with Crippen molar-refractivity contribution in [2.45, 2.75) is 25.8 Å². The van der Waals surface area contributed by atoms with Crippen molar-refractivity contribution in [3.05, 3.63) is 59.5 Å². The van der Waals surface area contributed by atoms with Crippen molar-refractivity contribution in [3.63, 3.8) is 0 Å². The first-order valence-corrected chi connectivity index (χ1v) is 7.84. The Morgan fingerprint density at radius 1 is 1.13 bits per heavy atom. The summed E-state index contributed by atoms with van der Waals surface area (Å²) < 4.78 is 5.09. The van der Waals surface area contributed by atoms with Gasteiger partial charge in [-0.05, 0) is 43.5 Å². The van der Waals surface area contributed by atoms with Crippen LogP contribution in [0.4, 0.5) is 0 Å². The zero-order chi connectivity index (χ0) is 16.2. The van der Waals surface area contributed by atoms with E-state index in [1.807, 2.05) is 36.1 Å². The van der Waals surface area contributed by atoms with Gasteiger partial charge in [-0.1, -0.05) is 18.2 Å². The van der Waals surface area contributed by atoms with E-state index < -0.39 is 0 Å². The summed E-state index contributed by atoms with van der Waals surface area (Å²) in [7, 11) is 0. The van der Waals surface area contributed by atoms with Gasteiger partial charge in [0.2, 0.25) is 0 Å². The number of nitrogens with one attached hydrogen (secondary N) is 1. The maximum atomic E-state index is 12.6. The number of likely N-dealkylation sites (tertiary alicyclic amines) is 1. The van der Waals surface area contributed by atoms with Gasteiger partial charge in [-0.25, -0.2) is 0 Å². The number of hydrogen-bond donors (Lipinski definition) is 1.